The first-order valence-corrected chi connectivity index (χ1v) is 10.8. The fraction of sp³-hybridized carbons (Fsp3) is 0.545. The molecule has 1 aromatic heterocycles. The molecule has 2 atom stereocenters. The van der Waals surface area contributed by atoms with E-state index in [-0.39, 0.29) is 6.09 Å². The average molecular weight is 415 g/mol. The minimum atomic E-state index is -0.251. The third kappa shape index (κ3) is 4.43. The molecule has 2 saturated carbocycles. The molecule has 29 heavy (non-hydrogen) atoms. The Balaban J connectivity index is 1.14. The van der Waals surface area contributed by atoms with Gasteiger partial charge in [-0.2, -0.15) is 0 Å². The molecule has 2 unspecified atom stereocenters. The second-order valence-electron chi connectivity index (χ2n) is 8.91. The molecular formula is C22H27ClN4O2. The predicted molar refractivity (Wildman–Crippen MR) is 111 cm³/mol. The summed E-state index contributed by atoms with van der Waals surface area (Å²) in [6.45, 7) is 4.84. The first-order valence-electron chi connectivity index (χ1n) is 10.5. The molecule has 3 fully saturated rings. The third-order valence-electron chi connectivity index (χ3n) is 6.50. The summed E-state index contributed by atoms with van der Waals surface area (Å²) in [6.07, 6.45) is 5.57. The van der Waals surface area contributed by atoms with Crippen LogP contribution in [0.2, 0.25) is 5.02 Å². The van der Waals surface area contributed by atoms with Gasteiger partial charge in [0.2, 0.25) is 5.88 Å². The molecule has 0 bridgehead atoms. The number of hydrogen-bond donors (Lipinski definition) is 0. The maximum Gasteiger partial charge on any atom is 0.416 e. The molecule has 1 saturated heterocycles. The predicted octanol–water partition coefficient (Wildman–Crippen LogP) is 3.66. The summed E-state index contributed by atoms with van der Waals surface area (Å²) < 4.78 is 7.31. The zero-order valence-corrected chi connectivity index (χ0v) is 17.5. The van der Waals surface area contributed by atoms with Crippen molar-refractivity contribution < 1.29 is 9.53 Å². The van der Waals surface area contributed by atoms with Crippen molar-refractivity contribution in [3.8, 4) is 5.88 Å². The number of aryl methyl sites for hydroxylation is 1. The highest BCUT2D eigenvalue weighted by atomic mass is 35.5. The Morgan fingerprint density at radius 3 is 2.55 bits per heavy atom. The standard InChI is InChI=1S/C22H27ClN4O2/c1-25-13-21(24-14-25)29-22(28)27(9-16-2-3-16)12-20-18-10-26(11-19(18)20)8-15-4-6-17(23)7-5-15/h4-7,13-14,16,18-20H,2-3,8-12H2,1H3. The number of halogens is 1. The number of aromatic nitrogens is 2. The second kappa shape index (κ2) is 7.65. The smallest absolute Gasteiger partial charge is 0.389 e. The molecule has 0 radical (unpaired) electrons. The maximum absolute atomic E-state index is 12.7. The van der Waals surface area contributed by atoms with Crippen molar-refractivity contribution in [2.24, 2.45) is 30.7 Å². The highest BCUT2D eigenvalue weighted by Crippen LogP contribution is 2.52. The first-order chi connectivity index (χ1) is 14.0. The van der Waals surface area contributed by atoms with Gasteiger partial charge in [-0.1, -0.05) is 23.7 Å². The molecule has 0 spiro atoms. The van der Waals surface area contributed by atoms with Crippen LogP contribution in [0.4, 0.5) is 4.79 Å². The molecule has 2 aromatic rings. The molecule has 1 aromatic carbocycles. The zero-order valence-electron chi connectivity index (χ0n) is 16.7. The molecule has 3 aliphatic rings. The van der Waals surface area contributed by atoms with Gasteiger partial charge >= 0.3 is 6.09 Å². The Bertz CT molecular complexity index is 867. The van der Waals surface area contributed by atoms with Gasteiger partial charge < -0.3 is 14.2 Å². The van der Waals surface area contributed by atoms with Gasteiger partial charge in [0.1, 0.15) is 0 Å². The Labute approximate surface area is 176 Å². The minimum absolute atomic E-state index is 0.251. The summed E-state index contributed by atoms with van der Waals surface area (Å²) in [5.74, 6) is 3.03. The lowest BCUT2D eigenvalue weighted by Gasteiger charge is -2.24. The Morgan fingerprint density at radius 1 is 1.21 bits per heavy atom. The first kappa shape index (κ1) is 18.9. The van der Waals surface area contributed by atoms with Crippen LogP contribution in [0.15, 0.2) is 36.8 Å². The van der Waals surface area contributed by atoms with Crippen molar-refractivity contribution >= 4 is 17.7 Å². The van der Waals surface area contributed by atoms with Gasteiger partial charge in [0.25, 0.3) is 0 Å². The van der Waals surface area contributed by atoms with Crippen molar-refractivity contribution in [1.82, 2.24) is 19.4 Å². The topological polar surface area (TPSA) is 50.6 Å². The van der Waals surface area contributed by atoms with Crippen LogP contribution in [0.25, 0.3) is 0 Å². The second-order valence-corrected chi connectivity index (χ2v) is 9.34. The van der Waals surface area contributed by atoms with Gasteiger partial charge in [-0.25, -0.2) is 9.78 Å². The minimum Gasteiger partial charge on any atom is -0.389 e. The Hall–Kier alpha value is -2.05. The molecule has 7 heteroatoms. The molecule has 6 nitrogen and oxygen atoms in total. The number of amides is 1. The lowest BCUT2D eigenvalue weighted by Crippen LogP contribution is -2.38. The van der Waals surface area contributed by atoms with Crippen molar-refractivity contribution in [1.29, 1.82) is 0 Å². The number of piperidine rings is 1. The molecule has 0 N–H and O–H groups in total. The van der Waals surface area contributed by atoms with E-state index in [1.807, 2.05) is 24.1 Å². The zero-order chi connectivity index (χ0) is 20.0. The van der Waals surface area contributed by atoms with Gasteiger partial charge in [-0.15, -0.1) is 0 Å². The molecule has 1 aliphatic heterocycles. The van der Waals surface area contributed by atoms with Gasteiger partial charge in [-0.05, 0) is 54.2 Å². The number of nitrogens with zero attached hydrogens (tertiary/aromatic N) is 4. The van der Waals surface area contributed by atoms with Gasteiger partial charge in [-0.3, -0.25) is 4.90 Å². The largest absolute Gasteiger partial charge is 0.416 e. The van der Waals surface area contributed by atoms with Crippen LogP contribution in [-0.2, 0) is 13.6 Å². The highest BCUT2D eigenvalue weighted by molar-refractivity contribution is 6.30. The summed E-state index contributed by atoms with van der Waals surface area (Å²) >= 11 is 5.98. The molecule has 2 heterocycles. The molecule has 1 amide bonds. The number of imidazole rings is 1. The quantitative estimate of drug-likeness (QED) is 0.693. The van der Waals surface area contributed by atoms with E-state index >= 15 is 0 Å². The van der Waals surface area contributed by atoms with Crippen LogP contribution in [0, 0.1) is 23.7 Å². The Morgan fingerprint density at radius 2 is 1.93 bits per heavy atom. The van der Waals surface area contributed by atoms with Crippen LogP contribution in [0.1, 0.15) is 18.4 Å². The van der Waals surface area contributed by atoms with E-state index in [4.69, 9.17) is 16.3 Å². The number of ether oxygens (including phenoxy) is 1. The van der Waals surface area contributed by atoms with Crippen LogP contribution in [0.3, 0.4) is 0 Å². The lowest BCUT2D eigenvalue weighted by atomic mass is 10.2. The summed E-state index contributed by atoms with van der Waals surface area (Å²) in [5, 5.41) is 0.784. The maximum atomic E-state index is 12.7. The van der Waals surface area contributed by atoms with Crippen molar-refractivity contribution in [3.05, 3.63) is 47.4 Å². The summed E-state index contributed by atoms with van der Waals surface area (Å²) in [6, 6.07) is 8.13. The van der Waals surface area contributed by atoms with Crippen molar-refractivity contribution in [2.75, 3.05) is 26.2 Å². The number of carbonyl (C=O) groups is 1. The average Bonchev–Trinajstić information content (AvgIpc) is 3.53. The van der Waals surface area contributed by atoms with E-state index < -0.39 is 0 Å². The number of rotatable bonds is 7. The summed E-state index contributed by atoms with van der Waals surface area (Å²) in [7, 11) is 1.87. The van der Waals surface area contributed by atoms with E-state index in [0.717, 1.165) is 37.7 Å². The normalized spacial score (nSPS) is 25.7. The van der Waals surface area contributed by atoms with Gasteiger partial charge in [0.05, 0.1) is 12.5 Å². The number of benzene rings is 1. The van der Waals surface area contributed by atoms with Crippen LogP contribution < -0.4 is 4.74 Å². The van der Waals surface area contributed by atoms with Gasteiger partial charge in [0.15, 0.2) is 0 Å². The van der Waals surface area contributed by atoms with Crippen molar-refractivity contribution in [2.45, 2.75) is 19.4 Å². The van der Waals surface area contributed by atoms with Gasteiger partial charge in [0, 0.05) is 44.8 Å². The summed E-state index contributed by atoms with van der Waals surface area (Å²) in [4.78, 5) is 21.3. The fourth-order valence-electron chi connectivity index (χ4n) is 4.67. The number of likely N-dealkylation sites (tertiary alicyclic amines) is 1. The van der Waals surface area contributed by atoms with E-state index in [1.54, 1.807) is 17.1 Å². The van der Waals surface area contributed by atoms with E-state index in [1.165, 1.54) is 18.4 Å². The fourth-order valence-corrected chi connectivity index (χ4v) is 4.80. The van der Waals surface area contributed by atoms with Crippen LogP contribution >= 0.6 is 11.6 Å². The number of fused-ring (bicyclic) bond motifs is 1. The summed E-state index contributed by atoms with van der Waals surface area (Å²) in [5.41, 5.74) is 1.31. The lowest BCUT2D eigenvalue weighted by molar-refractivity contribution is 0.141. The highest BCUT2D eigenvalue weighted by Gasteiger charge is 2.56. The van der Waals surface area contributed by atoms with Crippen LogP contribution in [-0.4, -0.2) is 51.6 Å². The molecular weight excluding hydrogens is 388 g/mol. The number of hydrogen-bond acceptors (Lipinski definition) is 4. The van der Waals surface area contributed by atoms with E-state index in [2.05, 4.69) is 22.0 Å². The molecule has 5 rings (SSSR count). The van der Waals surface area contributed by atoms with E-state index in [0.29, 0.717) is 29.6 Å². The third-order valence-corrected chi connectivity index (χ3v) is 6.76. The van der Waals surface area contributed by atoms with Crippen LogP contribution in [0.5, 0.6) is 5.88 Å². The molecule has 2 aliphatic carbocycles. The Kier molecular flexibility index (Phi) is 5.00. The molecule has 154 valence electrons. The SMILES string of the molecule is Cn1cnc(OC(=O)N(CC2CC2)CC2C3CN(Cc4ccc(Cl)cc4)CC32)c1. The van der Waals surface area contributed by atoms with Crippen molar-refractivity contribution in [3.63, 3.8) is 0 Å². The monoisotopic (exact) mass is 414 g/mol. The number of carbonyl (C=O) groups excluding carboxylic acids is 1. The van der Waals surface area contributed by atoms with E-state index in [9.17, 15) is 4.79 Å².